The largest absolute Gasteiger partial charge is 0.478 e. The molecule has 0 saturated carbocycles. The maximum Gasteiger partial charge on any atom is 0.335 e. The number of carboxylic acid groups (broad SMARTS) is 1. The number of esters is 1. The van der Waals surface area contributed by atoms with Crippen LogP contribution in [0.1, 0.15) is 62.8 Å². The van der Waals surface area contributed by atoms with E-state index < -0.39 is 11.4 Å². The fourth-order valence-electron chi connectivity index (χ4n) is 1.91. The molecule has 1 aromatic rings. The monoisotopic (exact) mass is 393 g/mol. The topological polar surface area (TPSA) is 75.6 Å². The number of ether oxygens (including phenoxy) is 1. The van der Waals surface area contributed by atoms with Crippen LogP contribution in [-0.2, 0) is 9.53 Å². The van der Waals surface area contributed by atoms with Gasteiger partial charge in [-0.2, -0.15) is 0 Å². The molecule has 0 aromatic heterocycles. The number of hydrogen-bond donors (Lipinski definition) is 2. The Morgan fingerprint density at radius 3 is 2.11 bits per heavy atom. The normalized spacial score (nSPS) is 13.0. The van der Waals surface area contributed by atoms with Gasteiger partial charge >= 0.3 is 11.9 Å². The number of carboxylic acids is 1. The molecule has 1 rings (SSSR count). The van der Waals surface area contributed by atoms with E-state index in [0.29, 0.717) is 12.4 Å². The Hall–Kier alpha value is -1.95. The van der Waals surface area contributed by atoms with Gasteiger partial charge in [-0.05, 0) is 38.5 Å². The highest BCUT2D eigenvalue weighted by molar-refractivity contribution is 7.99. The minimum absolute atomic E-state index is 0.113. The highest BCUT2D eigenvalue weighted by Gasteiger charge is 2.24. The van der Waals surface area contributed by atoms with Gasteiger partial charge in [-0.25, -0.2) is 4.79 Å². The van der Waals surface area contributed by atoms with Crippen LogP contribution in [0.5, 0.6) is 0 Å². The van der Waals surface area contributed by atoms with Crippen molar-refractivity contribution in [3.05, 3.63) is 47.7 Å². The van der Waals surface area contributed by atoms with E-state index in [2.05, 4.69) is 32.7 Å². The van der Waals surface area contributed by atoms with E-state index >= 15 is 0 Å². The van der Waals surface area contributed by atoms with Gasteiger partial charge in [0.15, 0.2) is 0 Å². The zero-order chi connectivity index (χ0) is 20.8. The SMILES string of the molecule is C=C(NC(SCCOC(=O)C(C)(C)C)c1ccc(C(=O)O)cc1)C(C)(C)C. The second-order valence-corrected chi connectivity index (χ2v) is 9.65. The first-order chi connectivity index (χ1) is 12.3. The van der Waals surface area contributed by atoms with Crippen molar-refractivity contribution in [1.82, 2.24) is 5.32 Å². The molecule has 0 aliphatic heterocycles. The minimum Gasteiger partial charge on any atom is -0.478 e. The van der Waals surface area contributed by atoms with E-state index in [1.54, 1.807) is 36.0 Å². The zero-order valence-electron chi connectivity index (χ0n) is 17.1. The summed E-state index contributed by atoms with van der Waals surface area (Å²) < 4.78 is 5.33. The van der Waals surface area contributed by atoms with Crippen molar-refractivity contribution in [1.29, 1.82) is 0 Å². The van der Waals surface area contributed by atoms with Gasteiger partial charge < -0.3 is 15.2 Å². The predicted molar refractivity (Wildman–Crippen MR) is 111 cm³/mol. The standard InChI is InChI=1S/C21H31NO4S/c1-14(20(2,3)4)22-17(15-8-10-16(11-9-15)18(23)24)27-13-12-26-19(25)21(5,6)7/h8-11,17,22H,1,12-13H2,2-7H3,(H,23,24). The third-order valence-corrected chi connectivity index (χ3v) is 5.01. The number of benzene rings is 1. The Morgan fingerprint density at radius 1 is 1.11 bits per heavy atom. The number of aromatic carboxylic acids is 1. The summed E-state index contributed by atoms with van der Waals surface area (Å²) in [4.78, 5) is 22.9. The van der Waals surface area contributed by atoms with Gasteiger partial charge in [-0.1, -0.05) is 39.5 Å². The molecule has 0 bridgehead atoms. The fraction of sp³-hybridized carbons (Fsp3) is 0.524. The van der Waals surface area contributed by atoms with E-state index in [9.17, 15) is 9.59 Å². The van der Waals surface area contributed by atoms with Crippen molar-refractivity contribution < 1.29 is 19.4 Å². The van der Waals surface area contributed by atoms with Crippen LogP contribution >= 0.6 is 11.8 Å². The van der Waals surface area contributed by atoms with Gasteiger partial charge in [0.2, 0.25) is 0 Å². The van der Waals surface area contributed by atoms with E-state index in [1.807, 2.05) is 20.8 Å². The van der Waals surface area contributed by atoms with Crippen LogP contribution in [0.2, 0.25) is 0 Å². The van der Waals surface area contributed by atoms with Crippen molar-refractivity contribution >= 4 is 23.7 Å². The molecule has 0 heterocycles. The molecule has 6 heteroatoms. The lowest BCUT2D eigenvalue weighted by atomic mass is 9.93. The Bertz CT molecular complexity index is 669. The highest BCUT2D eigenvalue weighted by Crippen LogP contribution is 2.31. The number of carbonyl (C=O) groups is 2. The first-order valence-electron chi connectivity index (χ1n) is 8.90. The number of rotatable bonds is 8. The molecule has 0 aliphatic rings. The second-order valence-electron chi connectivity index (χ2n) is 8.44. The van der Waals surface area contributed by atoms with Gasteiger partial charge in [0.25, 0.3) is 0 Å². The molecule has 0 spiro atoms. The molecule has 1 atom stereocenters. The summed E-state index contributed by atoms with van der Waals surface area (Å²) in [6.45, 7) is 16.1. The Balaban J connectivity index is 2.81. The predicted octanol–water partition coefficient (Wildman–Crippen LogP) is 4.86. The van der Waals surface area contributed by atoms with Crippen LogP contribution in [-0.4, -0.2) is 29.4 Å². The first kappa shape index (κ1) is 23.1. The Labute approximate surface area is 166 Å². The molecule has 0 amide bonds. The third-order valence-electron chi connectivity index (χ3n) is 3.88. The maximum absolute atomic E-state index is 11.9. The summed E-state index contributed by atoms with van der Waals surface area (Å²) in [5, 5.41) is 12.4. The fourth-order valence-corrected chi connectivity index (χ4v) is 2.90. The van der Waals surface area contributed by atoms with Crippen LogP contribution in [0.3, 0.4) is 0 Å². The molecule has 5 nitrogen and oxygen atoms in total. The molecular formula is C21H31NO4S. The van der Waals surface area contributed by atoms with Crippen LogP contribution in [0, 0.1) is 10.8 Å². The summed E-state index contributed by atoms with van der Waals surface area (Å²) in [7, 11) is 0. The maximum atomic E-state index is 11.9. The smallest absolute Gasteiger partial charge is 0.335 e. The van der Waals surface area contributed by atoms with E-state index in [-0.39, 0.29) is 22.3 Å². The third kappa shape index (κ3) is 7.67. The molecule has 1 aromatic carbocycles. The number of allylic oxidation sites excluding steroid dienone is 1. The van der Waals surface area contributed by atoms with Crippen molar-refractivity contribution in [2.24, 2.45) is 10.8 Å². The Morgan fingerprint density at radius 2 is 1.67 bits per heavy atom. The first-order valence-corrected chi connectivity index (χ1v) is 9.95. The molecular weight excluding hydrogens is 362 g/mol. The molecule has 0 aliphatic carbocycles. The van der Waals surface area contributed by atoms with Crippen LogP contribution in [0.4, 0.5) is 0 Å². The Kier molecular flexibility index (Phi) is 7.96. The quantitative estimate of drug-likeness (QED) is 0.373. The van der Waals surface area contributed by atoms with E-state index in [0.717, 1.165) is 11.3 Å². The van der Waals surface area contributed by atoms with Gasteiger partial charge in [0.1, 0.15) is 6.61 Å². The van der Waals surface area contributed by atoms with Gasteiger partial charge in [0.05, 0.1) is 16.4 Å². The van der Waals surface area contributed by atoms with Crippen molar-refractivity contribution in [3.8, 4) is 0 Å². The number of carbonyl (C=O) groups excluding carboxylic acids is 1. The summed E-state index contributed by atoms with van der Waals surface area (Å²) >= 11 is 1.59. The van der Waals surface area contributed by atoms with Gasteiger partial charge in [-0.15, -0.1) is 11.8 Å². The van der Waals surface area contributed by atoms with Gasteiger partial charge in [0, 0.05) is 16.9 Å². The summed E-state index contributed by atoms with van der Waals surface area (Å²) in [6, 6.07) is 6.77. The van der Waals surface area contributed by atoms with Crippen molar-refractivity contribution in [2.75, 3.05) is 12.4 Å². The number of nitrogens with one attached hydrogen (secondary N) is 1. The van der Waals surface area contributed by atoms with E-state index in [1.165, 1.54) is 0 Å². The molecule has 27 heavy (non-hydrogen) atoms. The average molecular weight is 394 g/mol. The number of thioether (sulfide) groups is 1. The molecule has 0 fully saturated rings. The zero-order valence-corrected chi connectivity index (χ0v) is 17.9. The lowest BCUT2D eigenvalue weighted by Crippen LogP contribution is -2.27. The van der Waals surface area contributed by atoms with Crippen LogP contribution in [0.25, 0.3) is 0 Å². The molecule has 150 valence electrons. The van der Waals surface area contributed by atoms with Gasteiger partial charge in [-0.3, -0.25) is 4.79 Å². The average Bonchev–Trinajstić information content (AvgIpc) is 2.55. The molecule has 0 radical (unpaired) electrons. The van der Waals surface area contributed by atoms with Crippen molar-refractivity contribution in [2.45, 2.75) is 46.9 Å². The molecule has 0 saturated heterocycles. The van der Waals surface area contributed by atoms with E-state index in [4.69, 9.17) is 9.84 Å². The highest BCUT2D eigenvalue weighted by atomic mass is 32.2. The van der Waals surface area contributed by atoms with Crippen molar-refractivity contribution in [3.63, 3.8) is 0 Å². The molecule has 2 N–H and O–H groups in total. The van der Waals surface area contributed by atoms with Crippen LogP contribution < -0.4 is 5.32 Å². The second kappa shape index (κ2) is 9.31. The lowest BCUT2D eigenvalue weighted by Gasteiger charge is -2.29. The van der Waals surface area contributed by atoms with Crippen LogP contribution in [0.15, 0.2) is 36.5 Å². The summed E-state index contributed by atoms with van der Waals surface area (Å²) in [6.07, 6.45) is 0. The summed E-state index contributed by atoms with van der Waals surface area (Å²) in [5.41, 5.74) is 1.44. The number of hydrogen-bond acceptors (Lipinski definition) is 5. The minimum atomic E-state index is -0.952. The molecule has 1 unspecified atom stereocenters. The lowest BCUT2D eigenvalue weighted by molar-refractivity contribution is -0.152. The summed E-state index contributed by atoms with van der Waals surface area (Å²) in [5.74, 6) is -0.568.